The highest BCUT2D eigenvalue weighted by molar-refractivity contribution is 7.23. The van der Waals surface area contributed by atoms with Gasteiger partial charge in [-0.15, -0.1) is 0 Å². The summed E-state index contributed by atoms with van der Waals surface area (Å²) in [6.07, 6.45) is 0. The van der Waals surface area contributed by atoms with Gasteiger partial charge in [0, 0.05) is 26.2 Å². The molecule has 4 nitrogen and oxygen atoms in total. The number of rotatable bonds is 2. The van der Waals surface area contributed by atoms with Crippen molar-refractivity contribution in [2.24, 2.45) is 0 Å². The fourth-order valence-electron chi connectivity index (χ4n) is 3.31. The number of hydrogen-bond acceptors (Lipinski definition) is 6. The van der Waals surface area contributed by atoms with E-state index in [4.69, 9.17) is 33.2 Å². The molecule has 27 heavy (non-hydrogen) atoms. The van der Waals surface area contributed by atoms with E-state index in [1.165, 1.54) is 10.3 Å². The highest BCUT2D eigenvalue weighted by atomic mass is 35.5. The molecule has 0 amide bonds. The molecular weight excluding hydrogens is 419 g/mol. The first-order valence-corrected chi connectivity index (χ1v) is 11.1. The van der Waals surface area contributed by atoms with E-state index in [9.17, 15) is 0 Å². The van der Waals surface area contributed by atoms with Gasteiger partial charge in [0.05, 0.1) is 25.0 Å². The Bertz CT molecular complexity index is 1110. The maximum Gasteiger partial charge on any atom is 0.186 e. The van der Waals surface area contributed by atoms with Crippen LogP contribution in [0.1, 0.15) is 5.56 Å². The van der Waals surface area contributed by atoms with Crippen molar-refractivity contribution in [1.29, 1.82) is 0 Å². The summed E-state index contributed by atoms with van der Waals surface area (Å²) in [5, 5.41) is 3.45. The molecule has 0 spiro atoms. The SMILES string of the molecule is Cc1ccc2nc(N3CCN(c4nc5c(Cl)ccc(Cl)c5s4)CC3)sc2c1. The monoisotopic (exact) mass is 434 g/mol. The van der Waals surface area contributed by atoms with Gasteiger partial charge in [0.15, 0.2) is 10.3 Å². The highest BCUT2D eigenvalue weighted by Gasteiger charge is 2.23. The van der Waals surface area contributed by atoms with E-state index in [1.54, 1.807) is 22.7 Å². The van der Waals surface area contributed by atoms with Crippen LogP contribution >= 0.6 is 45.9 Å². The summed E-state index contributed by atoms with van der Waals surface area (Å²) in [7, 11) is 0. The van der Waals surface area contributed by atoms with E-state index in [1.807, 2.05) is 12.1 Å². The third-order valence-electron chi connectivity index (χ3n) is 4.79. The number of aryl methyl sites for hydroxylation is 1. The lowest BCUT2D eigenvalue weighted by Gasteiger charge is -2.34. The van der Waals surface area contributed by atoms with Crippen LogP contribution in [0, 0.1) is 6.92 Å². The number of anilines is 2. The smallest absolute Gasteiger partial charge is 0.186 e. The van der Waals surface area contributed by atoms with Gasteiger partial charge in [0.25, 0.3) is 0 Å². The van der Waals surface area contributed by atoms with Gasteiger partial charge in [-0.2, -0.15) is 0 Å². The summed E-state index contributed by atoms with van der Waals surface area (Å²) < 4.78 is 2.21. The Labute approximate surface area is 175 Å². The third-order valence-corrected chi connectivity index (χ3v) is 7.75. The van der Waals surface area contributed by atoms with Gasteiger partial charge >= 0.3 is 0 Å². The van der Waals surface area contributed by atoms with Crippen molar-refractivity contribution in [3.05, 3.63) is 45.9 Å². The van der Waals surface area contributed by atoms with E-state index in [2.05, 4.69) is 34.9 Å². The van der Waals surface area contributed by atoms with Crippen molar-refractivity contribution in [2.45, 2.75) is 6.92 Å². The average Bonchev–Trinajstić information content (AvgIpc) is 3.30. The van der Waals surface area contributed by atoms with E-state index in [0.29, 0.717) is 10.0 Å². The Morgan fingerprint density at radius 1 is 0.852 bits per heavy atom. The van der Waals surface area contributed by atoms with Gasteiger partial charge < -0.3 is 9.80 Å². The summed E-state index contributed by atoms with van der Waals surface area (Å²) >= 11 is 16.0. The Morgan fingerprint density at radius 2 is 1.52 bits per heavy atom. The number of thiazole rings is 2. The van der Waals surface area contributed by atoms with Crippen LogP contribution in [0.3, 0.4) is 0 Å². The summed E-state index contributed by atoms with van der Waals surface area (Å²) in [4.78, 5) is 14.2. The summed E-state index contributed by atoms with van der Waals surface area (Å²) in [6.45, 7) is 5.79. The lowest BCUT2D eigenvalue weighted by Crippen LogP contribution is -2.46. The van der Waals surface area contributed by atoms with Crippen LogP contribution in [-0.4, -0.2) is 36.1 Å². The fraction of sp³-hybridized carbons (Fsp3) is 0.263. The summed E-state index contributed by atoms with van der Waals surface area (Å²) in [6, 6.07) is 10.1. The van der Waals surface area contributed by atoms with Crippen LogP contribution in [0.15, 0.2) is 30.3 Å². The minimum atomic E-state index is 0.653. The van der Waals surface area contributed by atoms with E-state index >= 15 is 0 Å². The second-order valence-electron chi connectivity index (χ2n) is 6.65. The molecule has 1 fully saturated rings. The molecule has 0 radical (unpaired) electrons. The molecular formula is C19H16Cl2N4S2. The number of hydrogen-bond donors (Lipinski definition) is 0. The zero-order valence-corrected chi connectivity index (χ0v) is 17.7. The van der Waals surface area contributed by atoms with Gasteiger partial charge in [-0.05, 0) is 36.8 Å². The second-order valence-corrected chi connectivity index (χ2v) is 9.45. The normalized spacial score (nSPS) is 15.2. The Kier molecular flexibility index (Phi) is 4.39. The van der Waals surface area contributed by atoms with Crippen LogP contribution in [0.4, 0.5) is 10.3 Å². The maximum absolute atomic E-state index is 6.31. The Hall–Kier alpha value is -1.60. The van der Waals surface area contributed by atoms with Crippen molar-refractivity contribution in [2.75, 3.05) is 36.0 Å². The molecule has 4 aromatic rings. The molecule has 1 aliphatic heterocycles. The lowest BCUT2D eigenvalue weighted by molar-refractivity contribution is 0.651. The van der Waals surface area contributed by atoms with E-state index in [0.717, 1.165) is 52.2 Å². The van der Waals surface area contributed by atoms with Gasteiger partial charge in [0.2, 0.25) is 0 Å². The van der Waals surface area contributed by atoms with Gasteiger partial charge in [-0.3, -0.25) is 0 Å². The summed E-state index contributed by atoms with van der Waals surface area (Å²) in [5.74, 6) is 0. The first-order chi connectivity index (χ1) is 13.1. The molecule has 0 unspecified atom stereocenters. The number of halogens is 2. The largest absolute Gasteiger partial charge is 0.345 e. The van der Waals surface area contributed by atoms with Crippen LogP contribution in [0.25, 0.3) is 20.4 Å². The van der Waals surface area contributed by atoms with Crippen molar-refractivity contribution in [3.63, 3.8) is 0 Å². The molecule has 1 saturated heterocycles. The molecule has 8 heteroatoms. The molecule has 1 aliphatic rings. The number of benzene rings is 2. The highest BCUT2D eigenvalue weighted by Crippen LogP contribution is 2.38. The fourth-order valence-corrected chi connectivity index (χ4v) is 6.00. The topological polar surface area (TPSA) is 32.3 Å². The van der Waals surface area contributed by atoms with Crippen LogP contribution in [0.2, 0.25) is 10.0 Å². The minimum absolute atomic E-state index is 0.653. The van der Waals surface area contributed by atoms with Crippen molar-refractivity contribution < 1.29 is 0 Å². The quantitative estimate of drug-likeness (QED) is 0.396. The zero-order chi connectivity index (χ0) is 18.5. The zero-order valence-electron chi connectivity index (χ0n) is 14.6. The van der Waals surface area contributed by atoms with Gasteiger partial charge in [-0.1, -0.05) is 51.9 Å². The predicted molar refractivity (Wildman–Crippen MR) is 118 cm³/mol. The molecule has 2 aromatic carbocycles. The molecule has 5 rings (SSSR count). The van der Waals surface area contributed by atoms with Crippen LogP contribution in [0.5, 0.6) is 0 Å². The molecule has 0 bridgehead atoms. The van der Waals surface area contributed by atoms with E-state index in [-0.39, 0.29) is 0 Å². The number of fused-ring (bicyclic) bond motifs is 2. The maximum atomic E-state index is 6.31. The molecule has 0 saturated carbocycles. The van der Waals surface area contributed by atoms with Crippen molar-refractivity contribution in [3.8, 4) is 0 Å². The number of nitrogens with zero attached hydrogens (tertiary/aromatic N) is 4. The third kappa shape index (κ3) is 3.14. The van der Waals surface area contributed by atoms with Crippen molar-refractivity contribution >= 4 is 76.6 Å². The standard InChI is InChI=1S/C19H16Cl2N4S2/c1-11-2-5-14-15(10-11)26-18(22-14)24-6-8-25(9-7-24)19-23-16-12(20)3-4-13(21)17(16)27-19/h2-5,10H,6-9H2,1H3. The average molecular weight is 435 g/mol. The van der Waals surface area contributed by atoms with Gasteiger partial charge in [0.1, 0.15) is 5.52 Å². The first-order valence-electron chi connectivity index (χ1n) is 8.70. The van der Waals surface area contributed by atoms with E-state index < -0.39 is 0 Å². The first kappa shape index (κ1) is 17.5. The minimum Gasteiger partial charge on any atom is -0.345 e. The van der Waals surface area contributed by atoms with Crippen LogP contribution in [-0.2, 0) is 0 Å². The molecule has 0 aliphatic carbocycles. The molecule has 3 heterocycles. The number of piperazine rings is 1. The number of aromatic nitrogens is 2. The second kappa shape index (κ2) is 6.78. The molecule has 0 N–H and O–H groups in total. The molecule has 2 aromatic heterocycles. The summed E-state index contributed by atoms with van der Waals surface area (Å²) in [5.41, 5.74) is 3.15. The van der Waals surface area contributed by atoms with Gasteiger partial charge in [-0.25, -0.2) is 9.97 Å². The van der Waals surface area contributed by atoms with Crippen molar-refractivity contribution in [1.82, 2.24) is 9.97 Å². The Balaban J connectivity index is 1.36. The predicted octanol–water partition coefficient (Wildman–Crippen LogP) is 5.85. The molecule has 138 valence electrons. The van der Waals surface area contributed by atoms with Crippen LogP contribution < -0.4 is 9.80 Å². The lowest BCUT2D eigenvalue weighted by atomic mass is 10.2. The molecule has 0 atom stereocenters. The Morgan fingerprint density at radius 3 is 2.22 bits per heavy atom.